The monoisotopic (exact) mass is 252 g/mol. The number of aryl methyl sites for hydroxylation is 3. The number of nitrogens with zero attached hydrogens (tertiary/aromatic N) is 3. The maximum atomic E-state index is 4.78. The number of imidazole rings is 2. The molecule has 0 amide bonds. The standard InChI is InChI=1S/C15H16N4/c1-10-6-11(7-12-15(10)17-9-16-12)13-8-19-5-3-2-4-14(19)18-13/h6-9H,2-5H2,1H3,(H,16,17). The van der Waals surface area contributed by atoms with Crippen LogP contribution in [0.2, 0.25) is 0 Å². The molecule has 1 aliphatic rings. The second-order valence-electron chi connectivity index (χ2n) is 5.28. The van der Waals surface area contributed by atoms with E-state index in [0.717, 1.165) is 29.7 Å². The molecule has 0 fully saturated rings. The van der Waals surface area contributed by atoms with Crippen LogP contribution in [-0.4, -0.2) is 19.5 Å². The van der Waals surface area contributed by atoms with Crippen molar-refractivity contribution in [3.63, 3.8) is 0 Å². The van der Waals surface area contributed by atoms with Gasteiger partial charge >= 0.3 is 0 Å². The molecule has 1 N–H and O–H groups in total. The van der Waals surface area contributed by atoms with Gasteiger partial charge in [0.2, 0.25) is 0 Å². The van der Waals surface area contributed by atoms with Crippen LogP contribution in [0.4, 0.5) is 0 Å². The summed E-state index contributed by atoms with van der Waals surface area (Å²) in [6.07, 6.45) is 7.56. The molecule has 4 nitrogen and oxygen atoms in total. The Morgan fingerprint density at radius 1 is 1.26 bits per heavy atom. The smallest absolute Gasteiger partial charge is 0.109 e. The fourth-order valence-electron chi connectivity index (χ4n) is 2.93. The molecular weight excluding hydrogens is 236 g/mol. The van der Waals surface area contributed by atoms with Crippen molar-refractivity contribution in [2.75, 3.05) is 0 Å². The third-order valence-corrected chi connectivity index (χ3v) is 3.92. The highest BCUT2D eigenvalue weighted by molar-refractivity contribution is 5.83. The molecule has 2 aromatic heterocycles. The first kappa shape index (κ1) is 10.8. The molecule has 4 heteroatoms. The van der Waals surface area contributed by atoms with E-state index >= 15 is 0 Å². The zero-order valence-corrected chi connectivity index (χ0v) is 11.0. The topological polar surface area (TPSA) is 46.5 Å². The normalized spacial score (nSPS) is 14.8. The molecule has 0 saturated carbocycles. The molecule has 0 bridgehead atoms. The van der Waals surface area contributed by atoms with Gasteiger partial charge in [-0.2, -0.15) is 0 Å². The summed E-state index contributed by atoms with van der Waals surface area (Å²) in [7, 11) is 0. The average molecular weight is 252 g/mol. The summed E-state index contributed by atoms with van der Waals surface area (Å²) in [5.41, 5.74) is 5.58. The third-order valence-electron chi connectivity index (χ3n) is 3.92. The second-order valence-corrected chi connectivity index (χ2v) is 5.28. The minimum absolute atomic E-state index is 1.05. The van der Waals surface area contributed by atoms with Gasteiger partial charge in [-0.25, -0.2) is 9.97 Å². The summed E-state index contributed by atoms with van der Waals surface area (Å²) >= 11 is 0. The van der Waals surface area contributed by atoms with Crippen LogP contribution in [0.25, 0.3) is 22.3 Å². The van der Waals surface area contributed by atoms with Gasteiger partial charge in [0.25, 0.3) is 0 Å². The number of hydrogen-bond donors (Lipinski definition) is 1. The summed E-state index contributed by atoms with van der Waals surface area (Å²) in [5.74, 6) is 1.23. The van der Waals surface area contributed by atoms with Crippen LogP contribution in [0.5, 0.6) is 0 Å². The van der Waals surface area contributed by atoms with E-state index in [1.54, 1.807) is 6.33 Å². The quantitative estimate of drug-likeness (QED) is 0.723. The zero-order chi connectivity index (χ0) is 12.8. The number of aromatic amines is 1. The largest absolute Gasteiger partial charge is 0.345 e. The highest BCUT2D eigenvalue weighted by Gasteiger charge is 2.14. The van der Waals surface area contributed by atoms with Crippen LogP contribution in [0, 0.1) is 6.92 Å². The van der Waals surface area contributed by atoms with Gasteiger partial charge in [-0.1, -0.05) is 0 Å². The summed E-state index contributed by atoms with van der Waals surface area (Å²) in [4.78, 5) is 12.3. The molecule has 19 heavy (non-hydrogen) atoms. The average Bonchev–Trinajstić information content (AvgIpc) is 3.04. The van der Waals surface area contributed by atoms with E-state index in [1.165, 1.54) is 29.8 Å². The Bertz CT molecular complexity index is 727. The van der Waals surface area contributed by atoms with Gasteiger partial charge in [0, 0.05) is 24.7 Å². The van der Waals surface area contributed by atoms with Crippen molar-refractivity contribution in [3.8, 4) is 11.3 Å². The molecular formula is C15H16N4. The maximum Gasteiger partial charge on any atom is 0.109 e. The van der Waals surface area contributed by atoms with Crippen molar-refractivity contribution >= 4 is 11.0 Å². The highest BCUT2D eigenvalue weighted by Crippen LogP contribution is 2.26. The lowest BCUT2D eigenvalue weighted by Crippen LogP contribution is -2.08. The minimum atomic E-state index is 1.05. The zero-order valence-electron chi connectivity index (χ0n) is 11.0. The van der Waals surface area contributed by atoms with Crippen molar-refractivity contribution in [2.24, 2.45) is 0 Å². The van der Waals surface area contributed by atoms with Crippen LogP contribution < -0.4 is 0 Å². The van der Waals surface area contributed by atoms with Gasteiger partial charge in [-0.3, -0.25) is 0 Å². The van der Waals surface area contributed by atoms with Gasteiger partial charge < -0.3 is 9.55 Å². The summed E-state index contributed by atoms with van der Waals surface area (Å²) in [6.45, 7) is 3.20. The van der Waals surface area contributed by atoms with Crippen molar-refractivity contribution in [1.29, 1.82) is 0 Å². The van der Waals surface area contributed by atoms with E-state index in [4.69, 9.17) is 4.98 Å². The van der Waals surface area contributed by atoms with Gasteiger partial charge in [0.15, 0.2) is 0 Å². The van der Waals surface area contributed by atoms with Crippen molar-refractivity contribution in [1.82, 2.24) is 19.5 Å². The lowest BCUT2D eigenvalue weighted by Gasteiger charge is -2.11. The van der Waals surface area contributed by atoms with Gasteiger partial charge in [0.1, 0.15) is 5.82 Å². The first-order valence-electron chi connectivity index (χ1n) is 6.81. The van der Waals surface area contributed by atoms with E-state index in [0.29, 0.717) is 0 Å². The van der Waals surface area contributed by atoms with E-state index in [9.17, 15) is 0 Å². The Balaban J connectivity index is 1.87. The van der Waals surface area contributed by atoms with Crippen LogP contribution in [0.15, 0.2) is 24.7 Å². The van der Waals surface area contributed by atoms with Gasteiger partial charge in [0.05, 0.1) is 23.1 Å². The molecule has 0 atom stereocenters. The molecule has 1 aromatic carbocycles. The van der Waals surface area contributed by atoms with Crippen LogP contribution in [0.1, 0.15) is 24.2 Å². The predicted molar refractivity (Wildman–Crippen MR) is 75.0 cm³/mol. The molecule has 3 aromatic rings. The lowest BCUT2D eigenvalue weighted by atomic mass is 10.1. The summed E-state index contributed by atoms with van der Waals surface area (Å²) in [6, 6.07) is 4.32. The van der Waals surface area contributed by atoms with Crippen molar-refractivity contribution in [2.45, 2.75) is 32.7 Å². The highest BCUT2D eigenvalue weighted by atomic mass is 15.1. The van der Waals surface area contributed by atoms with Crippen LogP contribution in [0.3, 0.4) is 0 Å². The lowest BCUT2D eigenvalue weighted by molar-refractivity contribution is 0.522. The first-order valence-corrected chi connectivity index (χ1v) is 6.81. The number of benzene rings is 1. The fraction of sp³-hybridized carbons (Fsp3) is 0.333. The number of rotatable bonds is 1. The fourth-order valence-corrected chi connectivity index (χ4v) is 2.93. The van der Waals surface area contributed by atoms with E-state index in [1.807, 2.05) is 0 Å². The number of nitrogens with one attached hydrogen (secondary N) is 1. The molecule has 96 valence electrons. The minimum Gasteiger partial charge on any atom is -0.345 e. The van der Waals surface area contributed by atoms with Crippen LogP contribution >= 0.6 is 0 Å². The molecule has 0 spiro atoms. The molecule has 0 radical (unpaired) electrons. The predicted octanol–water partition coefficient (Wildman–Crippen LogP) is 3.07. The maximum absolute atomic E-state index is 4.78. The Hall–Kier alpha value is -2.10. The summed E-state index contributed by atoms with van der Waals surface area (Å²) in [5, 5.41) is 0. The SMILES string of the molecule is Cc1cc(-c2cn3c(n2)CCCC3)cc2[nH]cnc12. The summed E-state index contributed by atoms with van der Waals surface area (Å²) < 4.78 is 2.30. The van der Waals surface area contributed by atoms with Crippen molar-refractivity contribution in [3.05, 3.63) is 36.0 Å². The molecule has 3 heterocycles. The molecule has 0 saturated heterocycles. The van der Waals surface area contributed by atoms with E-state index in [-0.39, 0.29) is 0 Å². The molecule has 1 aliphatic heterocycles. The van der Waals surface area contributed by atoms with E-state index in [2.05, 4.69) is 39.8 Å². The second kappa shape index (κ2) is 3.95. The number of H-pyrrole nitrogens is 1. The molecule has 4 rings (SSSR count). The number of fused-ring (bicyclic) bond motifs is 2. The Kier molecular flexibility index (Phi) is 2.24. The van der Waals surface area contributed by atoms with Crippen molar-refractivity contribution < 1.29 is 0 Å². The van der Waals surface area contributed by atoms with E-state index < -0.39 is 0 Å². The molecule has 0 aliphatic carbocycles. The molecule has 0 unspecified atom stereocenters. The number of hydrogen-bond acceptors (Lipinski definition) is 2. The third kappa shape index (κ3) is 1.67. The van der Waals surface area contributed by atoms with Gasteiger partial charge in [-0.05, 0) is 37.5 Å². The first-order chi connectivity index (χ1) is 9.31. The Labute approximate surface area is 111 Å². The van der Waals surface area contributed by atoms with Crippen LogP contribution in [-0.2, 0) is 13.0 Å². The Morgan fingerprint density at radius 2 is 2.21 bits per heavy atom. The van der Waals surface area contributed by atoms with Gasteiger partial charge in [-0.15, -0.1) is 0 Å². The number of aromatic nitrogens is 4. The Morgan fingerprint density at radius 3 is 3.11 bits per heavy atom.